The zero-order chi connectivity index (χ0) is 15.2. The third-order valence-electron chi connectivity index (χ3n) is 2.98. The van der Waals surface area contributed by atoms with Crippen LogP contribution in [0.1, 0.15) is 16.7 Å². The minimum absolute atomic E-state index is 0.144. The van der Waals surface area contributed by atoms with Crippen LogP contribution >= 0.6 is 0 Å². The van der Waals surface area contributed by atoms with E-state index in [9.17, 15) is 4.79 Å². The number of hydrazine groups is 1. The Morgan fingerprint density at radius 3 is 2.05 bits per heavy atom. The van der Waals surface area contributed by atoms with E-state index in [1.54, 1.807) is 6.08 Å². The molecule has 108 valence electrons. The van der Waals surface area contributed by atoms with Gasteiger partial charge in [-0.2, -0.15) is 0 Å². The molecule has 0 radical (unpaired) electrons. The highest BCUT2D eigenvalue weighted by atomic mass is 16.5. The molecule has 0 unspecified atom stereocenters. The molecule has 4 heteroatoms. The summed E-state index contributed by atoms with van der Waals surface area (Å²) in [6.07, 6.45) is 1.65. The van der Waals surface area contributed by atoms with E-state index in [1.807, 2.05) is 62.4 Å². The Morgan fingerprint density at radius 1 is 1.00 bits per heavy atom. The van der Waals surface area contributed by atoms with Crippen molar-refractivity contribution < 1.29 is 9.53 Å². The van der Waals surface area contributed by atoms with Crippen LogP contribution in [0.15, 0.2) is 54.3 Å². The first-order valence-electron chi connectivity index (χ1n) is 6.62. The lowest BCUT2D eigenvalue weighted by molar-refractivity contribution is -0.119. The van der Waals surface area contributed by atoms with Gasteiger partial charge in [-0.3, -0.25) is 10.2 Å². The molecule has 2 rings (SSSR count). The van der Waals surface area contributed by atoms with Crippen LogP contribution in [0.25, 0.3) is 6.08 Å². The van der Waals surface area contributed by atoms with Crippen LogP contribution in [0, 0.1) is 13.8 Å². The van der Waals surface area contributed by atoms with Crippen LogP contribution in [-0.4, -0.2) is 5.91 Å². The van der Waals surface area contributed by atoms with Gasteiger partial charge in [0, 0.05) is 0 Å². The standard InChI is InChI=1S/C17H18N2O2/c1-12-3-7-14(8-4-12)11-16(17(20)19-18)21-15-9-5-13(2)6-10-15/h3-11H,18H2,1-2H3,(H,19,20)/b16-11-. The largest absolute Gasteiger partial charge is 0.452 e. The van der Waals surface area contributed by atoms with Gasteiger partial charge in [-0.25, -0.2) is 5.84 Å². The topological polar surface area (TPSA) is 64.3 Å². The summed E-state index contributed by atoms with van der Waals surface area (Å²) in [5, 5.41) is 0. The van der Waals surface area contributed by atoms with Gasteiger partial charge in [0.15, 0.2) is 5.76 Å². The Morgan fingerprint density at radius 2 is 1.52 bits per heavy atom. The van der Waals surface area contributed by atoms with E-state index in [1.165, 1.54) is 0 Å². The quantitative estimate of drug-likeness (QED) is 0.298. The van der Waals surface area contributed by atoms with E-state index in [2.05, 4.69) is 5.43 Å². The van der Waals surface area contributed by atoms with Gasteiger partial charge >= 0.3 is 5.91 Å². The summed E-state index contributed by atoms with van der Waals surface area (Å²) in [7, 11) is 0. The van der Waals surface area contributed by atoms with Crippen LogP contribution in [0.3, 0.4) is 0 Å². The summed E-state index contributed by atoms with van der Waals surface area (Å²) >= 11 is 0. The average molecular weight is 282 g/mol. The summed E-state index contributed by atoms with van der Waals surface area (Å²) in [5.74, 6) is 5.46. The van der Waals surface area contributed by atoms with E-state index in [-0.39, 0.29) is 5.76 Å². The lowest BCUT2D eigenvalue weighted by Gasteiger charge is -2.09. The second-order valence-corrected chi connectivity index (χ2v) is 4.81. The summed E-state index contributed by atoms with van der Waals surface area (Å²) in [6, 6.07) is 15.2. The molecule has 0 atom stereocenters. The number of benzene rings is 2. The number of carbonyl (C=O) groups is 1. The van der Waals surface area contributed by atoms with Crippen molar-refractivity contribution in [3.8, 4) is 5.75 Å². The molecular formula is C17H18N2O2. The maximum atomic E-state index is 11.8. The van der Waals surface area contributed by atoms with Crippen LogP contribution in [0.2, 0.25) is 0 Å². The zero-order valence-electron chi connectivity index (χ0n) is 12.1. The van der Waals surface area contributed by atoms with Crippen LogP contribution in [0.4, 0.5) is 0 Å². The predicted molar refractivity (Wildman–Crippen MR) is 83.3 cm³/mol. The van der Waals surface area contributed by atoms with Crippen molar-refractivity contribution in [3.63, 3.8) is 0 Å². The van der Waals surface area contributed by atoms with Crippen LogP contribution in [0.5, 0.6) is 5.75 Å². The van der Waals surface area contributed by atoms with E-state index in [0.717, 1.165) is 16.7 Å². The number of hydrogen-bond donors (Lipinski definition) is 2. The second kappa shape index (κ2) is 6.72. The van der Waals surface area contributed by atoms with Gasteiger partial charge in [0.1, 0.15) is 5.75 Å². The summed E-state index contributed by atoms with van der Waals surface area (Å²) in [6.45, 7) is 3.99. The maximum Gasteiger partial charge on any atom is 0.300 e. The molecule has 0 bridgehead atoms. The lowest BCUT2D eigenvalue weighted by Crippen LogP contribution is -2.33. The summed E-state index contributed by atoms with van der Waals surface area (Å²) < 4.78 is 5.63. The van der Waals surface area contributed by atoms with Crippen molar-refractivity contribution in [2.24, 2.45) is 5.84 Å². The van der Waals surface area contributed by atoms with Crippen LogP contribution in [-0.2, 0) is 4.79 Å². The van der Waals surface area contributed by atoms with E-state index in [0.29, 0.717) is 5.75 Å². The SMILES string of the molecule is Cc1ccc(/C=C(\Oc2ccc(C)cc2)C(=O)NN)cc1. The molecule has 1 amide bonds. The molecule has 0 aliphatic carbocycles. The summed E-state index contributed by atoms with van der Waals surface area (Å²) in [4.78, 5) is 11.8. The van der Waals surface area contributed by atoms with Gasteiger partial charge < -0.3 is 4.74 Å². The molecule has 3 N–H and O–H groups in total. The number of ether oxygens (including phenoxy) is 1. The third kappa shape index (κ3) is 4.19. The number of nitrogens with one attached hydrogen (secondary N) is 1. The molecule has 0 fully saturated rings. The Kier molecular flexibility index (Phi) is 4.74. The Labute approximate surface area is 124 Å². The zero-order valence-corrected chi connectivity index (χ0v) is 12.1. The Balaban J connectivity index is 2.27. The number of amides is 1. The van der Waals surface area contributed by atoms with Crippen LogP contribution < -0.4 is 16.0 Å². The molecule has 0 aliphatic rings. The first-order chi connectivity index (χ1) is 10.1. The predicted octanol–water partition coefficient (Wildman–Crippen LogP) is 2.71. The van der Waals surface area contributed by atoms with Crippen molar-refractivity contribution in [1.29, 1.82) is 0 Å². The molecule has 2 aromatic carbocycles. The molecule has 4 nitrogen and oxygen atoms in total. The fourth-order valence-corrected chi connectivity index (χ4v) is 1.76. The third-order valence-corrected chi connectivity index (χ3v) is 2.98. The van der Waals surface area contributed by atoms with E-state index >= 15 is 0 Å². The molecule has 2 aromatic rings. The minimum Gasteiger partial charge on any atom is -0.452 e. The first kappa shape index (κ1) is 14.8. The van der Waals surface area contributed by atoms with Gasteiger partial charge in [-0.1, -0.05) is 47.5 Å². The fraction of sp³-hybridized carbons (Fsp3) is 0.118. The number of nitrogens with two attached hydrogens (primary N) is 1. The molecule has 0 saturated carbocycles. The van der Waals surface area contributed by atoms with Crippen molar-refractivity contribution >= 4 is 12.0 Å². The molecule has 0 aromatic heterocycles. The molecule has 21 heavy (non-hydrogen) atoms. The van der Waals surface area contributed by atoms with E-state index < -0.39 is 5.91 Å². The molecule has 0 spiro atoms. The van der Waals surface area contributed by atoms with Gasteiger partial charge in [0.25, 0.3) is 0 Å². The maximum absolute atomic E-state index is 11.8. The Bertz CT molecular complexity index is 643. The van der Waals surface area contributed by atoms with Crippen molar-refractivity contribution in [2.75, 3.05) is 0 Å². The number of hydrogen-bond acceptors (Lipinski definition) is 3. The molecule has 0 aliphatic heterocycles. The number of aryl methyl sites for hydroxylation is 2. The molecule has 0 heterocycles. The smallest absolute Gasteiger partial charge is 0.300 e. The van der Waals surface area contributed by atoms with Gasteiger partial charge in [-0.05, 0) is 37.6 Å². The number of carbonyl (C=O) groups excluding carboxylic acids is 1. The fourth-order valence-electron chi connectivity index (χ4n) is 1.76. The minimum atomic E-state index is -0.476. The molecule has 0 saturated heterocycles. The first-order valence-corrected chi connectivity index (χ1v) is 6.62. The highest BCUT2D eigenvalue weighted by molar-refractivity contribution is 5.95. The lowest BCUT2D eigenvalue weighted by atomic mass is 10.1. The van der Waals surface area contributed by atoms with Crippen molar-refractivity contribution in [3.05, 3.63) is 71.0 Å². The average Bonchev–Trinajstić information content (AvgIpc) is 2.50. The normalized spacial score (nSPS) is 11.1. The van der Waals surface area contributed by atoms with Crippen molar-refractivity contribution in [2.45, 2.75) is 13.8 Å². The van der Waals surface area contributed by atoms with Gasteiger partial charge in [-0.15, -0.1) is 0 Å². The van der Waals surface area contributed by atoms with Crippen molar-refractivity contribution in [1.82, 2.24) is 5.43 Å². The Hall–Kier alpha value is -2.59. The highest BCUT2D eigenvalue weighted by Gasteiger charge is 2.11. The van der Waals surface area contributed by atoms with E-state index in [4.69, 9.17) is 10.6 Å². The monoisotopic (exact) mass is 282 g/mol. The second-order valence-electron chi connectivity index (χ2n) is 4.81. The highest BCUT2D eigenvalue weighted by Crippen LogP contribution is 2.17. The number of rotatable bonds is 4. The van der Waals surface area contributed by atoms with Gasteiger partial charge in [0.2, 0.25) is 0 Å². The van der Waals surface area contributed by atoms with Gasteiger partial charge in [0.05, 0.1) is 0 Å². The summed E-state index contributed by atoms with van der Waals surface area (Å²) in [5.41, 5.74) is 5.23. The molecular weight excluding hydrogens is 264 g/mol.